The van der Waals surface area contributed by atoms with Gasteiger partial charge in [-0.25, -0.2) is 0 Å². The van der Waals surface area contributed by atoms with Crippen molar-refractivity contribution in [2.75, 3.05) is 52.6 Å². The fourth-order valence-corrected chi connectivity index (χ4v) is 5.59. The molecule has 1 saturated heterocycles. The molecule has 2 fully saturated rings. The minimum absolute atomic E-state index is 0.0786. The number of pyridine rings is 1. The second-order valence-corrected chi connectivity index (χ2v) is 10.1. The first-order valence-corrected chi connectivity index (χ1v) is 13.4. The Morgan fingerprint density at radius 2 is 1.80 bits per heavy atom. The number of thiocarbonyl (C=S) groups is 1. The van der Waals surface area contributed by atoms with Crippen LogP contribution in [0.5, 0.6) is 11.5 Å². The first-order valence-electron chi connectivity index (χ1n) is 13.0. The van der Waals surface area contributed by atoms with Gasteiger partial charge in [0.2, 0.25) is 0 Å². The molecule has 1 aliphatic carbocycles. The highest BCUT2D eigenvalue weighted by molar-refractivity contribution is 7.80. The highest BCUT2D eigenvalue weighted by atomic mass is 32.1. The van der Waals surface area contributed by atoms with E-state index in [-0.39, 0.29) is 5.56 Å². The fraction of sp³-hybridized carbons (Fsp3) is 0.615. The summed E-state index contributed by atoms with van der Waals surface area (Å²) in [5, 5.41) is 5.18. The number of rotatable bonds is 7. The van der Waals surface area contributed by atoms with Crippen molar-refractivity contribution in [1.29, 1.82) is 0 Å². The highest BCUT2D eigenvalue weighted by Gasteiger charge is 2.25. The predicted molar refractivity (Wildman–Crippen MR) is 140 cm³/mol. The minimum atomic E-state index is -0.0786. The molecule has 0 spiro atoms. The van der Waals surface area contributed by atoms with E-state index >= 15 is 0 Å². The van der Waals surface area contributed by atoms with Gasteiger partial charge >= 0.3 is 0 Å². The number of H-pyrrole nitrogens is 1. The summed E-state index contributed by atoms with van der Waals surface area (Å²) in [6.07, 6.45) is 6.94. The second-order valence-electron chi connectivity index (χ2n) is 9.67. The van der Waals surface area contributed by atoms with Crippen molar-refractivity contribution in [3.8, 4) is 11.5 Å². The average molecular weight is 501 g/mol. The van der Waals surface area contributed by atoms with Crippen molar-refractivity contribution in [2.24, 2.45) is 0 Å². The molecule has 190 valence electrons. The van der Waals surface area contributed by atoms with Crippen molar-refractivity contribution >= 4 is 28.2 Å². The third kappa shape index (κ3) is 6.08. The summed E-state index contributed by atoms with van der Waals surface area (Å²) in [6.45, 7) is 7.09. The molecule has 3 aliphatic rings. The lowest BCUT2D eigenvalue weighted by atomic mass is 9.94. The Hall–Kier alpha value is -2.36. The predicted octanol–water partition coefficient (Wildman–Crippen LogP) is 3.03. The molecule has 0 unspecified atom stereocenters. The zero-order valence-corrected chi connectivity index (χ0v) is 21.2. The summed E-state index contributed by atoms with van der Waals surface area (Å²) < 4.78 is 16.9. The lowest BCUT2D eigenvalue weighted by molar-refractivity contribution is 0.0375. The number of aromatic amines is 1. The van der Waals surface area contributed by atoms with Crippen LogP contribution in [0.15, 0.2) is 23.0 Å². The molecular weight excluding hydrogens is 464 g/mol. The topological polar surface area (TPSA) is 79.1 Å². The van der Waals surface area contributed by atoms with Gasteiger partial charge in [0, 0.05) is 42.7 Å². The standard InChI is InChI=1S/C26H36N4O4S/c31-25-20(15-19-16-23-24(17-22(19)28-25)34-14-13-33-23)18-30(21-5-2-1-3-6-21)26(35)27-7-4-8-29-9-11-32-12-10-29/h15-17,21H,1-14,18H2,(H,27,35)(H,28,31). The monoisotopic (exact) mass is 500 g/mol. The molecule has 1 saturated carbocycles. The number of hydrogen-bond donors (Lipinski definition) is 2. The molecule has 2 aromatic rings. The van der Waals surface area contributed by atoms with Gasteiger partial charge in [0.25, 0.3) is 5.56 Å². The molecule has 0 amide bonds. The van der Waals surface area contributed by atoms with Crippen LogP contribution in [0.4, 0.5) is 0 Å². The van der Waals surface area contributed by atoms with Crippen LogP contribution < -0.4 is 20.3 Å². The van der Waals surface area contributed by atoms with Crippen molar-refractivity contribution in [2.45, 2.75) is 51.1 Å². The molecule has 2 aliphatic heterocycles. The number of nitrogens with one attached hydrogen (secondary N) is 2. The minimum Gasteiger partial charge on any atom is -0.486 e. The lowest BCUT2D eigenvalue weighted by Gasteiger charge is -2.36. The van der Waals surface area contributed by atoms with Crippen LogP contribution in [0.1, 0.15) is 44.1 Å². The van der Waals surface area contributed by atoms with E-state index in [4.69, 9.17) is 26.4 Å². The number of ether oxygens (including phenoxy) is 3. The number of hydrogen-bond acceptors (Lipinski definition) is 6. The highest BCUT2D eigenvalue weighted by Crippen LogP contribution is 2.34. The number of aromatic nitrogens is 1. The van der Waals surface area contributed by atoms with E-state index in [9.17, 15) is 4.79 Å². The molecule has 0 radical (unpaired) electrons. The molecule has 1 aromatic heterocycles. The van der Waals surface area contributed by atoms with Gasteiger partial charge in [-0.1, -0.05) is 19.3 Å². The summed E-state index contributed by atoms with van der Waals surface area (Å²) >= 11 is 5.88. The zero-order valence-electron chi connectivity index (χ0n) is 20.4. The maximum atomic E-state index is 13.0. The van der Waals surface area contributed by atoms with E-state index in [2.05, 4.69) is 20.1 Å². The Morgan fingerprint density at radius 1 is 1.06 bits per heavy atom. The van der Waals surface area contributed by atoms with Gasteiger partial charge in [-0.2, -0.15) is 0 Å². The Bertz CT molecular complexity index is 1080. The molecule has 5 rings (SSSR count). The Morgan fingerprint density at radius 3 is 2.57 bits per heavy atom. The van der Waals surface area contributed by atoms with Crippen LogP contribution in [-0.4, -0.2) is 78.5 Å². The summed E-state index contributed by atoms with van der Waals surface area (Å²) in [5.41, 5.74) is 1.40. The third-order valence-corrected chi connectivity index (χ3v) is 7.61. The Balaban J connectivity index is 1.29. The molecule has 3 heterocycles. The Kier molecular flexibility index (Phi) is 8.06. The van der Waals surface area contributed by atoms with E-state index in [1.165, 1.54) is 19.3 Å². The smallest absolute Gasteiger partial charge is 0.253 e. The molecule has 0 atom stereocenters. The van der Waals surface area contributed by atoms with Gasteiger partial charge in [0.1, 0.15) is 13.2 Å². The van der Waals surface area contributed by atoms with Crippen LogP contribution in [0.3, 0.4) is 0 Å². The normalized spacial score (nSPS) is 19.0. The molecule has 8 nitrogen and oxygen atoms in total. The fourth-order valence-electron chi connectivity index (χ4n) is 5.27. The molecule has 9 heteroatoms. The van der Waals surface area contributed by atoms with E-state index in [0.717, 1.165) is 86.0 Å². The number of morpholine rings is 1. The quantitative estimate of drug-likeness (QED) is 0.444. The van der Waals surface area contributed by atoms with Crippen LogP contribution >= 0.6 is 12.2 Å². The number of fused-ring (bicyclic) bond motifs is 2. The number of benzene rings is 1. The summed E-state index contributed by atoms with van der Waals surface area (Å²) in [6, 6.07) is 6.15. The van der Waals surface area contributed by atoms with E-state index in [0.29, 0.717) is 31.5 Å². The largest absolute Gasteiger partial charge is 0.486 e. The molecular formula is C26H36N4O4S. The second kappa shape index (κ2) is 11.6. The van der Waals surface area contributed by atoms with E-state index < -0.39 is 0 Å². The molecule has 1 aromatic carbocycles. The maximum absolute atomic E-state index is 13.0. The van der Waals surface area contributed by atoms with Crippen LogP contribution in [0.2, 0.25) is 0 Å². The van der Waals surface area contributed by atoms with Gasteiger partial charge < -0.3 is 29.4 Å². The van der Waals surface area contributed by atoms with Crippen LogP contribution in [0.25, 0.3) is 10.9 Å². The molecule has 2 N–H and O–H groups in total. The van der Waals surface area contributed by atoms with Crippen molar-refractivity contribution < 1.29 is 14.2 Å². The van der Waals surface area contributed by atoms with Crippen LogP contribution in [0, 0.1) is 0 Å². The lowest BCUT2D eigenvalue weighted by Crippen LogP contribution is -2.47. The first kappa shape index (κ1) is 24.3. The first-order chi connectivity index (χ1) is 17.2. The number of nitrogens with zero attached hydrogens (tertiary/aromatic N) is 2. The van der Waals surface area contributed by atoms with E-state index in [1.54, 1.807) is 0 Å². The SMILES string of the molecule is O=c1[nH]c2cc3c(cc2cc1CN(C(=S)NCCCN1CCOCC1)C1CCCCC1)OCCO3. The van der Waals surface area contributed by atoms with Gasteiger partial charge in [0.05, 0.1) is 25.3 Å². The molecule has 0 bridgehead atoms. The van der Waals surface area contributed by atoms with Gasteiger partial charge in [-0.15, -0.1) is 0 Å². The van der Waals surface area contributed by atoms with E-state index in [1.807, 2.05) is 18.2 Å². The molecule has 35 heavy (non-hydrogen) atoms. The van der Waals surface area contributed by atoms with Gasteiger partial charge in [-0.3, -0.25) is 9.69 Å². The zero-order chi connectivity index (χ0) is 24.0. The van der Waals surface area contributed by atoms with Crippen molar-refractivity contribution in [3.05, 3.63) is 34.1 Å². The maximum Gasteiger partial charge on any atom is 0.253 e. The van der Waals surface area contributed by atoms with Crippen molar-refractivity contribution in [1.82, 2.24) is 20.1 Å². The average Bonchev–Trinajstić information content (AvgIpc) is 2.90. The van der Waals surface area contributed by atoms with Crippen molar-refractivity contribution in [3.63, 3.8) is 0 Å². The van der Waals surface area contributed by atoms with Gasteiger partial charge in [0.15, 0.2) is 16.6 Å². The summed E-state index contributed by atoms with van der Waals surface area (Å²) in [7, 11) is 0. The van der Waals surface area contributed by atoms with Gasteiger partial charge in [-0.05, 0) is 50.2 Å². The van der Waals surface area contributed by atoms with Crippen LogP contribution in [-0.2, 0) is 11.3 Å². The third-order valence-electron chi connectivity index (χ3n) is 7.23. The Labute approximate surface area is 211 Å². The summed E-state index contributed by atoms with van der Waals surface area (Å²) in [4.78, 5) is 20.8. The summed E-state index contributed by atoms with van der Waals surface area (Å²) in [5.74, 6) is 1.40.